The largest absolute Gasteiger partial charge is 0.480 e. The van der Waals surface area contributed by atoms with Gasteiger partial charge < -0.3 is 37.1 Å². The number of nitrogens with one attached hydrogen (secondary N) is 5. The van der Waals surface area contributed by atoms with Crippen molar-refractivity contribution in [2.75, 3.05) is 0 Å². The van der Waals surface area contributed by atoms with E-state index in [0.29, 0.717) is 5.69 Å². The van der Waals surface area contributed by atoms with Crippen molar-refractivity contribution < 1.29 is 29.1 Å². The number of aromatic nitrogens is 2. The predicted molar refractivity (Wildman–Crippen MR) is 122 cm³/mol. The highest BCUT2D eigenvalue weighted by Crippen LogP contribution is 2.06. The van der Waals surface area contributed by atoms with Crippen LogP contribution < -0.4 is 27.0 Å². The molecule has 1 rings (SSSR count). The normalized spacial score (nSPS) is 15.4. The molecule has 34 heavy (non-hydrogen) atoms. The predicted octanol–water partition coefficient (Wildman–Crippen LogP) is -1.59. The number of amides is 4. The zero-order valence-electron chi connectivity index (χ0n) is 20.0. The minimum absolute atomic E-state index is 0.0324. The van der Waals surface area contributed by atoms with Crippen molar-refractivity contribution in [1.82, 2.24) is 31.2 Å². The van der Waals surface area contributed by atoms with Crippen molar-refractivity contribution >= 4 is 29.6 Å². The van der Waals surface area contributed by atoms with Crippen molar-refractivity contribution in [3.05, 3.63) is 18.2 Å². The van der Waals surface area contributed by atoms with Crippen LogP contribution >= 0.6 is 0 Å². The van der Waals surface area contributed by atoms with Crippen LogP contribution in [0.25, 0.3) is 0 Å². The van der Waals surface area contributed by atoms with Crippen molar-refractivity contribution in [3.8, 4) is 0 Å². The molecule has 0 saturated carbocycles. The van der Waals surface area contributed by atoms with E-state index in [1.54, 1.807) is 0 Å². The molecule has 0 saturated heterocycles. The lowest BCUT2D eigenvalue weighted by Gasteiger charge is -2.24. The highest BCUT2D eigenvalue weighted by atomic mass is 16.4. The minimum atomic E-state index is -1.17. The first-order valence-corrected chi connectivity index (χ1v) is 11.0. The van der Waals surface area contributed by atoms with Gasteiger partial charge in [0.1, 0.15) is 24.2 Å². The zero-order valence-corrected chi connectivity index (χ0v) is 20.0. The number of imidazole rings is 1. The van der Waals surface area contributed by atoms with Gasteiger partial charge in [0.05, 0.1) is 12.4 Å². The maximum absolute atomic E-state index is 12.9. The number of carbonyl (C=O) groups excluding carboxylic acids is 4. The highest BCUT2D eigenvalue weighted by Gasteiger charge is 2.29. The Morgan fingerprint density at radius 3 is 1.85 bits per heavy atom. The van der Waals surface area contributed by atoms with E-state index in [9.17, 15) is 29.1 Å². The standard InChI is InChI=1S/C21H35N7O6/c1-10(2)6-16(21(33)34)28-19(31)13(5)26-20(32)15(7-14-8-23-9-24-14)27-18(30)12(4)25-17(29)11(3)22/h8-13,15-16H,6-7,22H2,1-5H3,(H,23,24)(H,25,29)(H,26,32)(H,27,30)(H,28,31)(H,33,34)/t11-,12-,13-,15-,16-/m0/s1. The van der Waals surface area contributed by atoms with Crippen LogP contribution in [-0.4, -0.2) is 74.9 Å². The lowest BCUT2D eigenvalue weighted by atomic mass is 10.0. The van der Waals surface area contributed by atoms with Gasteiger partial charge in [0.2, 0.25) is 23.6 Å². The highest BCUT2D eigenvalue weighted by molar-refractivity contribution is 5.95. The molecule has 0 aliphatic heterocycles. The summed E-state index contributed by atoms with van der Waals surface area (Å²) in [5.41, 5.74) is 6.04. The molecule has 13 nitrogen and oxygen atoms in total. The third-order valence-electron chi connectivity index (χ3n) is 4.85. The molecule has 13 heteroatoms. The number of hydrogen-bond acceptors (Lipinski definition) is 7. The molecule has 0 unspecified atom stereocenters. The summed E-state index contributed by atoms with van der Waals surface area (Å²) in [5.74, 6) is -3.65. The first-order chi connectivity index (χ1) is 15.8. The third-order valence-corrected chi connectivity index (χ3v) is 4.85. The van der Waals surface area contributed by atoms with Gasteiger partial charge in [0.15, 0.2) is 0 Å². The van der Waals surface area contributed by atoms with Gasteiger partial charge in [-0.15, -0.1) is 0 Å². The van der Waals surface area contributed by atoms with E-state index in [-0.39, 0.29) is 18.8 Å². The van der Waals surface area contributed by atoms with Gasteiger partial charge in [-0.3, -0.25) is 19.2 Å². The molecule has 0 spiro atoms. The number of rotatable bonds is 13. The Bertz CT molecular complexity index is 856. The van der Waals surface area contributed by atoms with E-state index in [1.807, 2.05) is 13.8 Å². The van der Waals surface area contributed by atoms with Crippen molar-refractivity contribution in [1.29, 1.82) is 0 Å². The summed E-state index contributed by atoms with van der Waals surface area (Å²) in [6.45, 7) is 7.97. The monoisotopic (exact) mass is 481 g/mol. The summed E-state index contributed by atoms with van der Waals surface area (Å²) in [6, 6.07) is -5.06. The van der Waals surface area contributed by atoms with E-state index in [4.69, 9.17) is 5.73 Å². The summed E-state index contributed by atoms with van der Waals surface area (Å²) in [4.78, 5) is 67.8. The van der Waals surface area contributed by atoms with Crippen LogP contribution in [0, 0.1) is 5.92 Å². The number of carbonyl (C=O) groups is 5. The zero-order chi connectivity index (χ0) is 26.0. The lowest BCUT2D eigenvalue weighted by molar-refractivity contribution is -0.142. The second kappa shape index (κ2) is 13.3. The van der Waals surface area contributed by atoms with Crippen LogP contribution in [0.4, 0.5) is 0 Å². The molecule has 1 aromatic heterocycles. The maximum atomic E-state index is 12.9. The van der Waals surface area contributed by atoms with Crippen molar-refractivity contribution in [2.45, 2.75) is 77.7 Å². The van der Waals surface area contributed by atoms with E-state index >= 15 is 0 Å². The Balaban J connectivity index is 2.87. The molecular formula is C21H35N7O6. The topological polar surface area (TPSA) is 208 Å². The SMILES string of the molecule is CC(C)C[C@H](NC(=O)[C@H](C)NC(=O)[C@H](Cc1cnc[nH]1)NC(=O)[C@H](C)NC(=O)[C@H](C)N)C(=O)O. The fourth-order valence-corrected chi connectivity index (χ4v) is 2.90. The number of carboxylic acid groups (broad SMARTS) is 1. The summed E-state index contributed by atoms with van der Waals surface area (Å²) in [6.07, 6.45) is 3.15. The molecule has 4 amide bonds. The fraction of sp³-hybridized carbons (Fsp3) is 0.619. The second-order valence-electron chi connectivity index (χ2n) is 8.62. The van der Waals surface area contributed by atoms with Crippen LogP contribution in [0.15, 0.2) is 12.5 Å². The molecule has 0 bridgehead atoms. The molecule has 5 atom stereocenters. The molecule has 0 aliphatic carbocycles. The summed E-state index contributed by atoms with van der Waals surface area (Å²) >= 11 is 0. The van der Waals surface area contributed by atoms with Gasteiger partial charge in [0, 0.05) is 18.3 Å². The molecule has 8 N–H and O–H groups in total. The molecule has 0 radical (unpaired) electrons. The average molecular weight is 482 g/mol. The Kier molecular flexibility index (Phi) is 11.2. The smallest absolute Gasteiger partial charge is 0.326 e. The average Bonchev–Trinajstić information content (AvgIpc) is 3.24. The summed E-state index contributed by atoms with van der Waals surface area (Å²) in [5, 5.41) is 19.2. The Morgan fingerprint density at radius 1 is 0.882 bits per heavy atom. The maximum Gasteiger partial charge on any atom is 0.326 e. The first kappa shape index (κ1) is 28.6. The fourth-order valence-electron chi connectivity index (χ4n) is 2.90. The van der Waals surface area contributed by atoms with E-state index < -0.39 is 59.8 Å². The molecule has 0 fully saturated rings. The number of aliphatic carboxylic acids is 1. The molecule has 0 aliphatic rings. The van der Waals surface area contributed by atoms with Gasteiger partial charge in [0.25, 0.3) is 0 Å². The molecule has 190 valence electrons. The number of H-pyrrole nitrogens is 1. The van der Waals surface area contributed by atoms with Crippen LogP contribution in [0.3, 0.4) is 0 Å². The van der Waals surface area contributed by atoms with E-state index in [2.05, 4.69) is 31.2 Å². The van der Waals surface area contributed by atoms with Crippen LogP contribution in [0.2, 0.25) is 0 Å². The Hall–Kier alpha value is -3.48. The van der Waals surface area contributed by atoms with Crippen LogP contribution in [0.1, 0.15) is 46.7 Å². The first-order valence-electron chi connectivity index (χ1n) is 11.0. The van der Waals surface area contributed by atoms with E-state index in [0.717, 1.165) is 0 Å². The molecule has 1 aromatic rings. The second-order valence-corrected chi connectivity index (χ2v) is 8.62. The quantitative estimate of drug-likeness (QED) is 0.174. The van der Waals surface area contributed by atoms with Crippen LogP contribution in [-0.2, 0) is 30.4 Å². The Labute approximate surface area is 198 Å². The van der Waals surface area contributed by atoms with Crippen LogP contribution in [0.5, 0.6) is 0 Å². The molecular weight excluding hydrogens is 446 g/mol. The number of carboxylic acids is 1. The van der Waals surface area contributed by atoms with Gasteiger partial charge in [-0.25, -0.2) is 9.78 Å². The molecule has 1 heterocycles. The third kappa shape index (κ3) is 9.57. The van der Waals surface area contributed by atoms with Gasteiger partial charge in [-0.2, -0.15) is 0 Å². The Morgan fingerprint density at radius 2 is 1.41 bits per heavy atom. The summed E-state index contributed by atoms with van der Waals surface area (Å²) < 4.78 is 0. The number of nitrogens with zero attached hydrogens (tertiary/aromatic N) is 1. The van der Waals surface area contributed by atoms with Gasteiger partial charge >= 0.3 is 5.97 Å². The molecule has 0 aromatic carbocycles. The van der Waals surface area contributed by atoms with E-state index in [1.165, 1.54) is 33.3 Å². The number of nitrogens with two attached hydrogens (primary N) is 1. The summed E-state index contributed by atoms with van der Waals surface area (Å²) in [7, 11) is 0. The van der Waals surface area contributed by atoms with Crippen molar-refractivity contribution in [3.63, 3.8) is 0 Å². The van der Waals surface area contributed by atoms with Crippen molar-refractivity contribution in [2.24, 2.45) is 11.7 Å². The number of hydrogen-bond donors (Lipinski definition) is 7. The number of aromatic amines is 1. The van der Waals surface area contributed by atoms with Gasteiger partial charge in [-0.05, 0) is 33.1 Å². The lowest BCUT2D eigenvalue weighted by Crippen LogP contribution is -2.57. The van der Waals surface area contributed by atoms with Gasteiger partial charge in [-0.1, -0.05) is 13.8 Å². The minimum Gasteiger partial charge on any atom is -0.480 e.